The lowest BCUT2D eigenvalue weighted by Gasteiger charge is -2.14. The zero-order valence-electron chi connectivity index (χ0n) is 18.8. The summed E-state index contributed by atoms with van der Waals surface area (Å²) in [6.07, 6.45) is 6.30. The number of ether oxygens (including phenoxy) is 1. The van der Waals surface area contributed by atoms with E-state index in [1.165, 1.54) is 32.1 Å². The van der Waals surface area contributed by atoms with Crippen molar-refractivity contribution in [2.24, 2.45) is 0 Å². The number of aliphatic carboxylic acids is 1. The van der Waals surface area contributed by atoms with Crippen molar-refractivity contribution in [3.8, 4) is 5.75 Å². The summed E-state index contributed by atoms with van der Waals surface area (Å²) in [6, 6.07) is 12.2. The zero-order chi connectivity index (χ0) is 22.2. The molecule has 0 aliphatic rings. The molecule has 1 unspecified atom stereocenters. The summed E-state index contributed by atoms with van der Waals surface area (Å²) in [5, 5.41) is 23.7. The molecule has 0 fully saturated rings. The van der Waals surface area contributed by atoms with E-state index in [9.17, 15) is 9.90 Å². The van der Waals surface area contributed by atoms with Crippen LogP contribution in [0.2, 0.25) is 0 Å². The molecule has 2 rings (SSSR count). The first-order chi connectivity index (χ1) is 14.6. The fourth-order valence-electron chi connectivity index (χ4n) is 3.33. The molecule has 0 saturated carbocycles. The standard InChI is InChI=1S/C23H33NO4.C2H6/c1-2-3-4-5-6-9-14-28-22-13-12-18(20-10-7-8-11-21(20)22)16-24-17-19(25)15-23(26)27;1-2/h7-8,10-13,19,24-25H,2-6,9,14-17H2,1H3,(H,26,27);1-2H3. The Balaban J connectivity index is 0.00000218. The van der Waals surface area contributed by atoms with Gasteiger partial charge in [-0.25, -0.2) is 0 Å². The maximum Gasteiger partial charge on any atom is 0.306 e. The van der Waals surface area contributed by atoms with Crippen molar-refractivity contribution >= 4 is 16.7 Å². The van der Waals surface area contributed by atoms with E-state index in [1.54, 1.807) is 0 Å². The number of carbonyl (C=O) groups is 1. The van der Waals surface area contributed by atoms with Crippen LogP contribution in [0.4, 0.5) is 0 Å². The van der Waals surface area contributed by atoms with E-state index in [4.69, 9.17) is 9.84 Å². The molecule has 0 aliphatic carbocycles. The number of benzene rings is 2. The SMILES string of the molecule is CC.CCCCCCCCOc1ccc(CNCC(O)CC(=O)O)c2ccccc12. The number of aliphatic hydroxyl groups is 1. The van der Waals surface area contributed by atoms with Gasteiger partial charge in [-0.3, -0.25) is 4.79 Å². The molecule has 0 amide bonds. The predicted molar refractivity (Wildman–Crippen MR) is 124 cm³/mol. The third kappa shape index (κ3) is 9.59. The van der Waals surface area contributed by atoms with E-state index in [2.05, 4.69) is 24.4 Å². The second kappa shape index (κ2) is 15.7. The first kappa shape index (κ1) is 25.9. The first-order valence-electron chi connectivity index (χ1n) is 11.4. The van der Waals surface area contributed by atoms with E-state index < -0.39 is 12.1 Å². The van der Waals surface area contributed by atoms with E-state index in [0.717, 1.165) is 35.1 Å². The molecule has 0 aliphatic heterocycles. The van der Waals surface area contributed by atoms with Crippen LogP contribution in [0, 0.1) is 0 Å². The molecular formula is C25H39NO4. The van der Waals surface area contributed by atoms with Crippen molar-refractivity contribution in [1.29, 1.82) is 0 Å². The number of carboxylic acid groups (broad SMARTS) is 1. The van der Waals surface area contributed by atoms with Crippen molar-refractivity contribution in [3.63, 3.8) is 0 Å². The normalized spacial score (nSPS) is 11.6. The maximum atomic E-state index is 10.6. The summed E-state index contributed by atoms with van der Waals surface area (Å²) >= 11 is 0. The second-order valence-electron chi connectivity index (χ2n) is 7.27. The number of nitrogens with one attached hydrogen (secondary N) is 1. The summed E-state index contributed by atoms with van der Waals surface area (Å²) in [5.74, 6) is -0.0922. The van der Waals surface area contributed by atoms with Gasteiger partial charge in [0.05, 0.1) is 19.1 Å². The van der Waals surface area contributed by atoms with Crippen LogP contribution in [0.1, 0.15) is 71.3 Å². The molecule has 2 aromatic carbocycles. The molecule has 0 bridgehead atoms. The minimum atomic E-state index is -0.994. The van der Waals surface area contributed by atoms with Gasteiger partial charge in [0.1, 0.15) is 5.75 Å². The topological polar surface area (TPSA) is 78.8 Å². The summed E-state index contributed by atoms with van der Waals surface area (Å²) in [6.45, 7) is 7.77. The molecule has 0 heterocycles. The number of hydrogen-bond acceptors (Lipinski definition) is 4. The van der Waals surface area contributed by atoms with Crippen LogP contribution in [-0.4, -0.2) is 35.4 Å². The molecule has 5 nitrogen and oxygen atoms in total. The summed E-state index contributed by atoms with van der Waals surface area (Å²) in [7, 11) is 0. The Morgan fingerprint density at radius 1 is 1.00 bits per heavy atom. The van der Waals surface area contributed by atoms with E-state index in [1.807, 2.05) is 38.1 Å². The molecule has 5 heteroatoms. The first-order valence-corrected chi connectivity index (χ1v) is 11.4. The van der Waals surface area contributed by atoms with Crippen molar-refractivity contribution in [2.75, 3.05) is 13.2 Å². The highest BCUT2D eigenvalue weighted by Crippen LogP contribution is 2.29. The van der Waals surface area contributed by atoms with Crippen LogP contribution >= 0.6 is 0 Å². The van der Waals surface area contributed by atoms with Gasteiger partial charge >= 0.3 is 5.97 Å². The highest BCUT2D eigenvalue weighted by Gasteiger charge is 2.10. The number of fused-ring (bicyclic) bond motifs is 1. The van der Waals surface area contributed by atoms with E-state index in [0.29, 0.717) is 6.54 Å². The highest BCUT2D eigenvalue weighted by molar-refractivity contribution is 5.91. The minimum absolute atomic E-state index is 0.247. The number of carboxylic acids is 1. The van der Waals surface area contributed by atoms with Crippen LogP contribution < -0.4 is 10.1 Å². The molecule has 0 spiro atoms. The van der Waals surface area contributed by atoms with Crippen LogP contribution in [-0.2, 0) is 11.3 Å². The van der Waals surface area contributed by atoms with Gasteiger partial charge in [0.2, 0.25) is 0 Å². The molecule has 30 heavy (non-hydrogen) atoms. The van der Waals surface area contributed by atoms with Gasteiger partial charge in [-0.05, 0) is 23.4 Å². The van der Waals surface area contributed by atoms with E-state index >= 15 is 0 Å². The molecule has 0 saturated heterocycles. The smallest absolute Gasteiger partial charge is 0.306 e. The molecule has 0 radical (unpaired) electrons. The lowest BCUT2D eigenvalue weighted by atomic mass is 10.0. The Morgan fingerprint density at radius 2 is 1.67 bits per heavy atom. The average Bonchev–Trinajstić information content (AvgIpc) is 2.75. The Labute approximate surface area is 181 Å². The van der Waals surface area contributed by atoms with Gasteiger partial charge in [0.15, 0.2) is 0 Å². The lowest BCUT2D eigenvalue weighted by molar-refractivity contribution is -0.139. The van der Waals surface area contributed by atoms with Gasteiger partial charge in [-0.1, -0.05) is 83.2 Å². The molecule has 0 aromatic heterocycles. The Morgan fingerprint density at radius 3 is 2.37 bits per heavy atom. The number of aliphatic hydroxyl groups excluding tert-OH is 1. The van der Waals surface area contributed by atoms with Gasteiger partial charge in [-0.2, -0.15) is 0 Å². The number of rotatable bonds is 14. The van der Waals surface area contributed by atoms with Crippen molar-refractivity contribution in [1.82, 2.24) is 5.32 Å². The summed E-state index contributed by atoms with van der Waals surface area (Å²) < 4.78 is 6.04. The van der Waals surface area contributed by atoms with Gasteiger partial charge in [-0.15, -0.1) is 0 Å². The third-order valence-electron chi connectivity index (χ3n) is 4.84. The molecule has 1 atom stereocenters. The summed E-state index contributed by atoms with van der Waals surface area (Å²) in [5.41, 5.74) is 1.10. The average molecular weight is 418 g/mol. The van der Waals surface area contributed by atoms with Gasteiger partial charge < -0.3 is 20.3 Å². The monoisotopic (exact) mass is 417 g/mol. The van der Waals surface area contributed by atoms with Gasteiger partial charge in [0.25, 0.3) is 0 Å². The van der Waals surface area contributed by atoms with Crippen LogP contribution in [0.15, 0.2) is 36.4 Å². The number of unbranched alkanes of at least 4 members (excludes halogenated alkanes) is 5. The lowest BCUT2D eigenvalue weighted by Crippen LogP contribution is -2.28. The predicted octanol–water partition coefficient (Wildman–Crippen LogP) is 5.53. The maximum absolute atomic E-state index is 10.6. The fourth-order valence-corrected chi connectivity index (χ4v) is 3.33. The van der Waals surface area contributed by atoms with Crippen molar-refractivity contribution in [3.05, 3.63) is 42.0 Å². The molecule has 2 aromatic rings. The molecule has 168 valence electrons. The van der Waals surface area contributed by atoms with Gasteiger partial charge in [0, 0.05) is 18.5 Å². The Hall–Kier alpha value is -2.11. The highest BCUT2D eigenvalue weighted by atomic mass is 16.5. The number of hydrogen-bond donors (Lipinski definition) is 3. The quantitative estimate of drug-likeness (QED) is 0.352. The summed E-state index contributed by atoms with van der Waals surface area (Å²) in [4.78, 5) is 10.6. The Bertz CT molecular complexity index is 732. The van der Waals surface area contributed by atoms with Crippen molar-refractivity contribution in [2.45, 2.75) is 78.4 Å². The Kier molecular flexibility index (Phi) is 13.6. The second-order valence-corrected chi connectivity index (χ2v) is 7.27. The largest absolute Gasteiger partial charge is 0.493 e. The zero-order valence-corrected chi connectivity index (χ0v) is 18.8. The van der Waals surface area contributed by atoms with Crippen LogP contribution in [0.3, 0.4) is 0 Å². The van der Waals surface area contributed by atoms with Crippen LogP contribution in [0.25, 0.3) is 10.8 Å². The van der Waals surface area contributed by atoms with Crippen LogP contribution in [0.5, 0.6) is 5.75 Å². The van der Waals surface area contributed by atoms with E-state index in [-0.39, 0.29) is 13.0 Å². The fraction of sp³-hybridized carbons (Fsp3) is 0.560. The van der Waals surface area contributed by atoms with Crippen molar-refractivity contribution < 1.29 is 19.7 Å². The molecular weight excluding hydrogens is 378 g/mol. The minimum Gasteiger partial charge on any atom is -0.493 e. The molecule has 3 N–H and O–H groups in total. The third-order valence-corrected chi connectivity index (χ3v) is 4.84.